The number of esters is 1. The molecule has 0 radical (unpaired) electrons. The molecule has 2 rings (SSSR count). The summed E-state index contributed by atoms with van der Waals surface area (Å²) in [7, 11) is 0. The van der Waals surface area contributed by atoms with Crippen molar-refractivity contribution in [2.45, 2.75) is 6.92 Å². The number of ether oxygens (including phenoxy) is 1. The van der Waals surface area contributed by atoms with Crippen LogP contribution in [0.2, 0.25) is 0 Å². The van der Waals surface area contributed by atoms with Gasteiger partial charge in [-0.15, -0.1) is 0 Å². The van der Waals surface area contributed by atoms with Crippen molar-refractivity contribution in [1.82, 2.24) is 4.98 Å². The molecule has 0 aliphatic rings. The highest BCUT2D eigenvalue weighted by Crippen LogP contribution is 2.29. The Labute approximate surface area is 125 Å². The van der Waals surface area contributed by atoms with Crippen LogP contribution in [0.4, 0.5) is 11.4 Å². The lowest BCUT2D eigenvalue weighted by molar-refractivity contribution is -0.384. The molecule has 1 aromatic carbocycles. The van der Waals surface area contributed by atoms with Crippen molar-refractivity contribution in [2.75, 3.05) is 25.1 Å². The number of pyridine rings is 1. The molecule has 1 heterocycles. The first kappa shape index (κ1) is 15.6. The Morgan fingerprint density at radius 3 is 2.91 bits per heavy atom. The van der Waals surface area contributed by atoms with E-state index in [4.69, 9.17) is 9.84 Å². The summed E-state index contributed by atoms with van der Waals surface area (Å²) < 4.78 is 4.97. The van der Waals surface area contributed by atoms with Crippen LogP contribution in [0.3, 0.4) is 0 Å². The van der Waals surface area contributed by atoms with Gasteiger partial charge in [0.25, 0.3) is 5.69 Å². The van der Waals surface area contributed by atoms with Crippen molar-refractivity contribution in [3.63, 3.8) is 0 Å². The third-order valence-electron chi connectivity index (χ3n) is 2.97. The van der Waals surface area contributed by atoms with Crippen molar-refractivity contribution < 1.29 is 19.6 Å². The number of rotatable bonds is 6. The zero-order valence-electron chi connectivity index (χ0n) is 11.9. The second kappa shape index (κ2) is 6.81. The highest BCUT2D eigenvalue weighted by atomic mass is 16.6. The van der Waals surface area contributed by atoms with Crippen molar-refractivity contribution in [3.05, 3.63) is 40.1 Å². The Hall–Kier alpha value is -2.74. The summed E-state index contributed by atoms with van der Waals surface area (Å²) in [6.07, 6.45) is 1.31. The first-order chi connectivity index (χ1) is 10.6. The minimum atomic E-state index is -0.546. The van der Waals surface area contributed by atoms with E-state index in [2.05, 4.69) is 10.3 Å². The fourth-order valence-electron chi connectivity index (χ4n) is 2.03. The van der Waals surface area contributed by atoms with Crippen LogP contribution in [-0.4, -0.2) is 40.7 Å². The molecule has 1 aromatic heterocycles. The fourth-order valence-corrected chi connectivity index (χ4v) is 2.03. The van der Waals surface area contributed by atoms with E-state index in [1.807, 2.05) is 0 Å². The van der Waals surface area contributed by atoms with Crippen LogP contribution in [0.25, 0.3) is 10.9 Å². The topological polar surface area (TPSA) is 115 Å². The first-order valence-corrected chi connectivity index (χ1v) is 6.67. The summed E-state index contributed by atoms with van der Waals surface area (Å²) in [5.41, 5.74) is 0.948. The summed E-state index contributed by atoms with van der Waals surface area (Å²) in [6.45, 7) is 2.01. The number of carbonyl (C=O) groups excluding carboxylic acids is 1. The van der Waals surface area contributed by atoms with Gasteiger partial charge in [0, 0.05) is 30.3 Å². The van der Waals surface area contributed by atoms with Gasteiger partial charge in [-0.1, -0.05) is 0 Å². The van der Waals surface area contributed by atoms with Gasteiger partial charge in [-0.3, -0.25) is 15.1 Å². The minimum absolute atomic E-state index is 0.0861. The zero-order valence-corrected chi connectivity index (χ0v) is 11.9. The Balaban J connectivity index is 2.58. The molecule has 0 unspecified atom stereocenters. The molecule has 116 valence electrons. The van der Waals surface area contributed by atoms with Crippen LogP contribution in [0.15, 0.2) is 24.4 Å². The molecule has 0 amide bonds. The second-order valence-corrected chi connectivity index (χ2v) is 4.38. The van der Waals surface area contributed by atoms with E-state index < -0.39 is 10.9 Å². The molecule has 0 saturated heterocycles. The predicted molar refractivity (Wildman–Crippen MR) is 79.9 cm³/mol. The van der Waals surface area contributed by atoms with E-state index in [1.54, 1.807) is 6.92 Å². The summed E-state index contributed by atoms with van der Waals surface area (Å²) in [4.78, 5) is 26.4. The maximum atomic E-state index is 12.0. The van der Waals surface area contributed by atoms with E-state index in [9.17, 15) is 14.9 Å². The number of aliphatic hydroxyl groups is 1. The number of hydrogen-bond donors (Lipinski definition) is 2. The predicted octanol–water partition coefficient (Wildman–Crippen LogP) is 1.72. The number of nitrogens with zero attached hydrogens (tertiary/aromatic N) is 2. The molecular formula is C14H15N3O5. The van der Waals surface area contributed by atoms with Crippen LogP contribution in [0.1, 0.15) is 17.3 Å². The number of aromatic nitrogens is 1. The molecule has 0 aliphatic heterocycles. The number of nitro benzene ring substituents is 1. The van der Waals surface area contributed by atoms with E-state index in [1.165, 1.54) is 24.4 Å². The van der Waals surface area contributed by atoms with Gasteiger partial charge >= 0.3 is 5.97 Å². The molecule has 0 aliphatic carbocycles. The number of anilines is 1. The van der Waals surface area contributed by atoms with Crippen LogP contribution < -0.4 is 5.32 Å². The van der Waals surface area contributed by atoms with Gasteiger partial charge in [0.15, 0.2) is 0 Å². The maximum Gasteiger partial charge on any atom is 0.341 e. The number of aliphatic hydroxyl groups excluding tert-OH is 1. The normalized spacial score (nSPS) is 10.5. The lowest BCUT2D eigenvalue weighted by Gasteiger charge is -2.13. The SMILES string of the molecule is CCOC(=O)c1cnc2cc([N+](=O)[O-])ccc2c1NCCO. The summed E-state index contributed by atoms with van der Waals surface area (Å²) in [6, 6.07) is 4.18. The monoisotopic (exact) mass is 305 g/mol. The van der Waals surface area contributed by atoms with Gasteiger partial charge in [0.2, 0.25) is 0 Å². The number of non-ortho nitro benzene ring substituents is 1. The van der Waals surface area contributed by atoms with E-state index in [0.29, 0.717) is 16.6 Å². The molecule has 2 aromatic rings. The average molecular weight is 305 g/mol. The number of benzene rings is 1. The molecule has 0 atom stereocenters. The lowest BCUT2D eigenvalue weighted by Crippen LogP contribution is -2.13. The third-order valence-corrected chi connectivity index (χ3v) is 2.97. The number of nitro groups is 1. The number of nitrogens with one attached hydrogen (secondary N) is 1. The zero-order chi connectivity index (χ0) is 16.1. The molecule has 8 heteroatoms. The van der Waals surface area contributed by atoms with Crippen LogP contribution >= 0.6 is 0 Å². The summed E-state index contributed by atoms with van der Waals surface area (Å²) in [5.74, 6) is -0.546. The van der Waals surface area contributed by atoms with Crippen molar-refractivity contribution >= 4 is 28.2 Å². The molecule has 0 spiro atoms. The van der Waals surface area contributed by atoms with E-state index in [-0.39, 0.29) is 31.0 Å². The Bertz CT molecular complexity index is 717. The Morgan fingerprint density at radius 2 is 2.27 bits per heavy atom. The van der Waals surface area contributed by atoms with Gasteiger partial charge in [-0.25, -0.2) is 4.79 Å². The molecular weight excluding hydrogens is 290 g/mol. The van der Waals surface area contributed by atoms with E-state index in [0.717, 1.165) is 0 Å². The van der Waals surface area contributed by atoms with Gasteiger partial charge in [0.05, 0.1) is 29.3 Å². The van der Waals surface area contributed by atoms with Crippen LogP contribution in [0.5, 0.6) is 0 Å². The largest absolute Gasteiger partial charge is 0.462 e. The van der Waals surface area contributed by atoms with Gasteiger partial charge in [-0.2, -0.15) is 0 Å². The molecule has 0 fully saturated rings. The smallest absolute Gasteiger partial charge is 0.341 e. The quantitative estimate of drug-likeness (QED) is 0.474. The number of fused-ring (bicyclic) bond motifs is 1. The lowest BCUT2D eigenvalue weighted by atomic mass is 10.1. The van der Waals surface area contributed by atoms with E-state index >= 15 is 0 Å². The van der Waals surface area contributed by atoms with Crippen LogP contribution in [0, 0.1) is 10.1 Å². The summed E-state index contributed by atoms with van der Waals surface area (Å²) in [5, 5.41) is 23.3. The first-order valence-electron chi connectivity index (χ1n) is 6.67. The van der Waals surface area contributed by atoms with Crippen LogP contribution in [-0.2, 0) is 4.74 Å². The Kier molecular flexibility index (Phi) is 4.84. The number of hydrogen-bond acceptors (Lipinski definition) is 7. The van der Waals surface area contributed by atoms with Crippen molar-refractivity contribution in [1.29, 1.82) is 0 Å². The maximum absolute atomic E-state index is 12.0. The van der Waals surface area contributed by atoms with Gasteiger partial charge in [0.1, 0.15) is 5.56 Å². The van der Waals surface area contributed by atoms with Crippen molar-refractivity contribution in [3.8, 4) is 0 Å². The Morgan fingerprint density at radius 1 is 1.50 bits per heavy atom. The summed E-state index contributed by atoms with van der Waals surface area (Å²) >= 11 is 0. The third kappa shape index (κ3) is 3.12. The average Bonchev–Trinajstić information content (AvgIpc) is 2.51. The standard InChI is InChI=1S/C14H15N3O5/c1-2-22-14(19)11-8-16-12-7-9(17(20)21)3-4-10(12)13(11)15-5-6-18/h3-4,7-8,18H,2,5-6H2,1H3,(H,15,16). The van der Waals surface area contributed by atoms with Gasteiger partial charge < -0.3 is 15.2 Å². The highest BCUT2D eigenvalue weighted by Gasteiger charge is 2.18. The fraction of sp³-hybridized carbons (Fsp3) is 0.286. The molecule has 22 heavy (non-hydrogen) atoms. The molecule has 0 saturated carbocycles. The molecule has 0 bridgehead atoms. The molecule has 8 nitrogen and oxygen atoms in total. The second-order valence-electron chi connectivity index (χ2n) is 4.38. The van der Waals surface area contributed by atoms with Crippen molar-refractivity contribution in [2.24, 2.45) is 0 Å². The van der Waals surface area contributed by atoms with Gasteiger partial charge in [-0.05, 0) is 13.0 Å². The highest BCUT2D eigenvalue weighted by molar-refractivity contribution is 6.05. The molecule has 2 N–H and O–H groups in total. The minimum Gasteiger partial charge on any atom is -0.462 e. The number of carbonyl (C=O) groups is 1.